The number of ether oxygens (including phenoxy) is 1. The minimum absolute atomic E-state index is 0.566. The van der Waals surface area contributed by atoms with Crippen LogP contribution in [0.4, 0.5) is 0 Å². The minimum Gasteiger partial charge on any atom is -0.477 e. The van der Waals surface area contributed by atoms with Gasteiger partial charge >= 0.3 is 0 Å². The van der Waals surface area contributed by atoms with Gasteiger partial charge in [0.2, 0.25) is 5.88 Å². The number of aryl methyl sites for hydroxylation is 2. The Morgan fingerprint density at radius 2 is 2.11 bits per heavy atom. The van der Waals surface area contributed by atoms with Crippen molar-refractivity contribution in [2.75, 3.05) is 13.2 Å². The van der Waals surface area contributed by atoms with Crippen LogP contribution in [0.15, 0.2) is 23.3 Å². The Balaban J connectivity index is 1.56. The second-order valence-corrected chi connectivity index (χ2v) is 7.08. The summed E-state index contributed by atoms with van der Waals surface area (Å²) in [4.78, 5) is 9.04. The molecule has 2 aromatic rings. The Kier molecular flexibility index (Phi) is 6.32. The first-order valence-electron chi connectivity index (χ1n) is 9.65. The van der Waals surface area contributed by atoms with E-state index in [1.54, 1.807) is 0 Å². The predicted octanol–water partition coefficient (Wildman–Crippen LogP) is 2.48. The molecule has 0 aliphatic heterocycles. The van der Waals surface area contributed by atoms with Crippen LogP contribution >= 0.6 is 0 Å². The van der Waals surface area contributed by atoms with Crippen molar-refractivity contribution in [3.8, 4) is 5.88 Å². The van der Waals surface area contributed by atoms with Crippen LogP contribution in [0, 0.1) is 19.8 Å². The number of rotatable bonds is 8. The van der Waals surface area contributed by atoms with Crippen molar-refractivity contribution < 1.29 is 4.74 Å². The van der Waals surface area contributed by atoms with E-state index in [1.165, 1.54) is 24.1 Å². The van der Waals surface area contributed by atoms with E-state index in [2.05, 4.69) is 39.6 Å². The molecule has 2 aromatic heterocycles. The lowest BCUT2D eigenvalue weighted by Crippen LogP contribution is -2.37. The van der Waals surface area contributed by atoms with Gasteiger partial charge in [0.05, 0.1) is 18.8 Å². The molecule has 0 amide bonds. The smallest absolute Gasteiger partial charge is 0.213 e. The van der Waals surface area contributed by atoms with Gasteiger partial charge in [0.1, 0.15) is 0 Å². The maximum Gasteiger partial charge on any atom is 0.213 e. The van der Waals surface area contributed by atoms with E-state index in [1.807, 2.05) is 37.0 Å². The molecule has 3 rings (SSSR count). The summed E-state index contributed by atoms with van der Waals surface area (Å²) in [7, 11) is 1.97. The fraction of sp³-hybridized carbons (Fsp3) is 0.550. The predicted molar refractivity (Wildman–Crippen MR) is 107 cm³/mol. The van der Waals surface area contributed by atoms with Gasteiger partial charge < -0.3 is 15.4 Å². The molecule has 1 aliphatic rings. The van der Waals surface area contributed by atoms with Crippen LogP contribution in [0.5, 0.6) is 5.88 Å². The van der Waals surface area contributed by atoms with Crippen LogP contribution in [0.1, 0.15) is 42.3 Å². The van der Waals surface area contributed by atoms with Crippen molar-refractivity contribution in [3.63, 3.8) is 0 Å². The highest BCUT2D eigenvalue weighted by atomic mass is 16.5. The van der Waals surface area contributed by atoms with Gasteiger partial charge in [0.15, 0.2) is 5.96 Å². The molecule has 0 aromatic carbocycles. The summed E-state index contributed by atoms with van der Waals surface area (Å²) in [6, 6.07) is 3.95. The molecule has 0 atom stereocenters. The topological polar surface area (TPSA) is 76.4 Å². The molecule has 1 aliphatic carbocycles. The molecule has 2 heterocycles. The van der Waals surface area contributed by atoms with Crippen LogP contribution in [-0.2, 0) is 20.1 Å². The van der Waals surface area contributed by atoms with Crippen molar-refractivity contribution in [2.24, 2.45) is 18.0 Å². The van der Waals surface area contributed by atoms with Crippen molar-refractivity contribution in [3.05, 3.63) is 40.8 Å². The highest BCUT2D eigenvalue weighted by Gasteiger charge is 2.22. The molecule has 0 saturated heterocycles. The average molecular weight is 371 g/mol. The average Bonchev–Trinajstić information content (AvgIpc) is 3.45. The standard InChI is InChI=1S/C20H30N6O/c1-5-21-20(24-12-18-14(2)25-26(4)15(18)3)23-11-17-8-9-19(22-10-17)27-13-16-6-7-16/h8-10,16H,5-7,11-13H2,1-4H3,(H2,21,23,24). The molecule has 27 heavy (non-hydrogen) atoms. The Labute approximate surface area is 161 Å². The zero-order valence-corrected chi connectivity index (χ0v) is 16.7. The number of aromatic nitrogens is 3. The molecule has 1 fully saturated rings. The third kappa shape index (κ3) is 5.45. The van der Waals surface area contributed by atoms with Crippen LogP contribution in [0.2, 0.25) is 0 Å². The lowest BCUT2D eigenvalue weighted by atomic mass is 10.2. The van der Waals surface area contributed by atoms with Crippen LogP contribution < -0.4 is 15.4 Å². The molecule has 0 spiro atoms. The molecule has 0 bridgehead atoms. The first kappa shape index (κ1) is 19.2. The molecule has 1 saturated carbocycles. The zero-order chi connectivity index (χ0) is 19.2. The highest BCUT2D eigenvalue weighted by Crippen LogP contribution is 2.29. The molecule has 146 valence electrons. The molecule has 0 radical (unpaired) electrons. The Morgan fingerprint density at radius 3 is 2.70 bits per heavy atom. The maximum absolute atomic E-state index is 5.68. The van der Waals surface area contributed by atoms with Crippen LogP contribution in [-0.4, -0.2) is 33.9 Å². The summed E-state index contributed by atoms with van der Waals surface area (Å²) in [6.45, 7) is 9.03. The van der Waals surface area contributed by atoms with E-state index in [0.29, 0.717) is 19.0 Å². The van der Waals surface area contributed by atoms with E-state index in [9.17, 15) is 0 Å². The van der Waals surface area contributed by atoms with Gasteiger partial charge in [-0.15, -0.1) is 0 Å². The Morgan fingerprint density at radius 1 is 1.30 bits per heavy atom. The van der Waals surface area contributed by atoms with Crippen LogP contribution in [0.3, 0.4) is 0 Å². The van der Waals surface area contributed by atoms with Crippen LogP contribution in [0.25, 0.3) is 0 Å². The summed E-state index contributed by atoms with van der Waals surface area (Å²) < 4.78 is 7.59. The first-order valence-corrected chi connectivity index (χ1v) is 9.65. The Bertz CT molecular complexity index is 777. The van der Waals surface area contributed by atoms with Gasteiger partial charge in [0.25, 0.3) is 0 Å². The number of pyridine rings is 1. The second kappa shape index (κ2) is 8.88. The van der Waals surface area contributed by atoms with Gasteiger partial charge in [-0.25, -0.2) is 9.98 Å². The maximum atomic E-state index is 5.68. The number of aliphatic imine (C=N–C) groups is 1. The third-order valence-electron chi connectivity index (χ3n) is 4.82. The van der Waals surface area contributed by atoms with Crippen molar-refractivity contribution in [2.45, 2.75) is 46.7 Å². The van der Waals surface area contributed by atoms with Crippen molar-refractivity contribution in [1.29, 1.82) is 0 Å². The highest BCUT2D eigenvalue weighted by molar-refractivity contribution is 5.79. The third-order valence-corrected chi connectivity index (χ3v) is 4.82. The van der Waals surface area contributed by atoms with Gasteiger partial charge in [-0.3, -0.25) is 4.68 Å². The summed E-state index contributed by atoms with van der Waals surface area (Å²) in [5.41, 5.74) is 4.48. The SMILES string of the molecule is CCNC(=NCc1ccc(OCC2CC2)nc1)NCc1c(C)nn(C)c1C. The largest absolute Gasteiger partial charge is 0.477 e. The molecule has 2 N–H and O–H groups in total. The minimum atomic E-state index is 0.566. The van der Waals surface area contributed by atoms with E-state index >= 15 is 0 Å². The summed E-state index contributed by atoms with van der Waals surface area (Å²) in [6.07, 6.45) is 4.40. The fourth-order valence-corrected chi connectivity index (χ4v) is 2.84. The quantitative estimate of drug-likeness (QED) is 0.551. The lowest BCUT2D eigenvalue weighted by molar-refractivity contribution is 0.288. The zero-order valence-electron chi connectivity index (χ0n) is 16.7. The monoisotopic (exact) mass is 370 g/mol. The van der Waals surface area contributed by atoms with Gasteiger partial charge in [0, 0.05) is 43.7 Å². The van der Waals surface area contributed by atoms with Gasteiger partial charge in [-0.05, 0) is 45.1 Å². The normalized spacial score (nSPS) is 14.3. The van der Waals surface area contributed by atoms with Gasteiger partial charge in [-0.1, -0.05) is 6.07 Å². The molecular weight excluding hydrogens is 340 g/mol. The number of guanidine groups is 1. The van der Waals surface area contributed by atoms with Crippen molar-refractivity contribution >= 4 is 5.96 Å². The summed E-state index contributed by atoms with van der Waals surface area (Å²) in [5.74, 6) is 2.22. The number of hydrogen-bond acceptors (Lipinski definition) is 4. The van der Waals surface area contributed by atoms with E-state index in [4.69, 9.17) is 4.74 Å². The molecule has 7 nitrogen and oxygen atoms in total. The van der Waals surface area contributed by atoms with Crippen molar-refractivity contribution in [1.82, 2.24) is 25.4 Å². The summed E-state index contributed by atoms with van der Waals surface area (Å²) in [5, 5.41) is 11.1. The van der Waals surface area contributed by atoms with E-state index in [0.717, 1.165) is 36.3 Å². The van der Waals surface area contributed by atoms with E-state index in [-0.39, 0.29) is 0 Å². The summed E-state index contributed by atoms with van der Waals surface area (Å²) >= 11 is 0. The molecule has 7 heteroatoms. The Hall–Kier alpha value is -2.57. The lowest BCUT2D eigenvalue weighted by Gasteiger charge is -2.12. The number of nitrogens with zero attached hydrogens (tertiary/aromatic N) is 4. The van der Waals surface area contributed by atoms with E-state index < -0.39 is 0 Å². The fourth-order valence-electron chi connectivity index (χ4n) is 2.84. The number of nitrogens with one attached hydrogen (secondary N) is 2. The molecule has 0 unspecified atom stereocenters. The number of hydrogen-bond donors (Lipinski definition) is 2. The van der Waals surface area contributed by atoms with Gasteiger partial charge in [-0.2, -0.15) is 5.10 Å². The first-order chi connectivity index (χ1) is 13.1. The second-order valence-electron chi connectivity index (χ2n) is 7.08. The molecular formula is C20H30N6O.